The Bertz CT molecular complexity index is 680. The molecule has 0 saturated carbocycles. The number of aryl methyl sites for hydroxylation is 1. The van der Waals surface area contributed by atoms with E-state index >= 15 is 0 Å². The van der Waals surface area contributed by atoms with E-state index in [9.17, 15) is 4.79 Å². The van der Waals surface area contributed by atoms with Gasteiger partial charge in [-0.3, -0.25) is 4.79 Å². The largest absolute Gasteiger partial charge is 0.385 e. The normalized spacial score (nSPS) is 13.2. The minimum atomic E-state index is -0.145. The van der Waals surface area contributed by atoms with Crippen LogP contribution >= 0.6 is 11.6 Å². The molecule has 2 heterocycles. The van der Waals surface area contributed by atoms with E-state index in [1.165, 1.54) is 0 Å². The molecule has 0 aliphatic carbocycles. The Hall–Kier alpha value is -2.07. The number of nitrogens with zero attached hydrogens (tertiary/aromatic N) is 1. The molecule has 0 bridgehead atoms. The van der Waals surface area contributed by atoms with Crippen molar-refractivity contribution in [3.05, 3.63) is 52.3 Å². The lowest BCUT2D eigenvalue weighted by Crippen LogP contribution is -2.20. The number of carbonyl (C=O) groups excluding carboxylic acids is 1. The second-order valence-electron chi connectivity index (χ2n) is 5.11. The fourth-order valence-corrected chi connectivity index (χ4v) is 2.83. The van der Waals surface area contributed by atoms with Crippen molar-refractivity contribution in [2.75, 3.05) is 17.2 Å². The molecule has 3 rings (SSSR count). The number of halogens is 1. The lowest BCUT2D eigenvalue weighted by molar-refractivity contribution is 0.102. The molecule has 0 radical (unpaired) electrons. The van der Waals surface area contributed by atoms with Crippen molar-refractivity contribution in [3.63, 3.8) is 0 Å². The molecule has 4 nitrogen and oxygen atoms in total. The van der Waals surface area contributed by atoms with E-state index in [-0.39, 0.29) is 5.91 Å². The maximum atomic E-state index is 12.6. The van der Waals surface area contributed by atoms with Gasteiger partial charge in [-0.2, -0.15) is 0 Å². The smallest absolute Gasteiger partial charge is 0.256 e. The molecule has 1 aliphatic heterocycles. The summed E-state index contributed by atoms with van der Waals surface area (Å²) in [6, 6.07) is 7.57. The van der Waals surface area contributed by atoms with E-state index in [0.717, 1.165) is 36.2 Å². The van der Waals surface area contributed by atoms with Gasteiger partial charge in [0.15, 0.2) is 5.15 Å². The van der Waals surface area contributed by atoms with Gasteiger partial charge in [-0.1, -0.05) is 17.7 Å². The number of hydrogen-bond donors (Lipinski definition) is 2. The molecule has 108 valence electrons. The molecule has 0 spiro atoms. The van der Waals surface area contributed by atoms with Gasteiger partial charge >= 0.3 is 0 Å². The maximum absolute atomic E-state index is 12.6. The number of nitrogens with one attached hydrogen (secondary N) is 2. The summed E-state index contributed by atoms with van der Waals surface area (Å²) >= 11 is 6.07. The summed E-state index contributed by atoms with van der Waals surface area (Å²) in [5.74, 6) is -0.145. The lowest BCUT2D eigenvalue weighted by Gasteiger charge is -2.20. The average Bonchev–Trinajstić information content (AvgIpc) is 2.50. The highest BCUT2D eigenvalue weighted by atomic mass is 35.5. The van der Waals surface area contributed by atoms with E-state index in [2.05, 4.69) is 15.6 Å². The second kappa shape index (κ2) is 5.74. The number of fused-ring (bicyclic) bond motifs is 1. The Morgan fingerprint density at radius 3 is 3.05 bits per heavy atom. The zero-order valence-electron chi connectivity index (χ0n) is 11.7. The Balaban J connectivity index is 1.93. The van der Waals surface area contributed by atoms with Crippen molar-refractivity contribution in [3.8, 4) is 0 Å². The second-order valence-corrected chi connectivity index (χ2v) is 5.47. The molecule has 1 amide bonds. The van der Waals surface area contributed by atoms with Gasteiger partial charge in [0.2, 0.25) is 0 Å². The Kier molecular flexibility index (Phi) is 3.80. The van der Waals surface area contributed by atoms with Gasteiger partial charge in [-0.05, 0) is 49.1 Å². The summed E-state index contributed by atoms with van der Waals surface area (Å²) in [7, 11) is 0. The first-order valence-corrected chi connectivity index (χ1v) is 7.33. The molecular formula is C16H16ClN3O. The van der Waals surface area contributed by atoms with Crippen molar-refractivity contribution in [2.45, 2.75) is 19.8 Å². The molecule has 1 aromatic carbocycles. The van der Waals surface area contributed by atoms with E-state index in [0.29, 0.717) is 16.4 Å². The summed E-state index contributed by atoms with van der Waals surface area (Å²) in [6.07, 6.45) is 3.57. The van der Waals surface area contributed by atoms with Crippen LogP contribution in [0.25, 0.3) is 0 Å². The van der Waals surface area contributed by atoms with Crippen molar-refractivity contribution in [1.82, 2.24) is 4.98 Å². The minimum absolute atomic E-state index is 0.145. The third-order valence-electron chi connectivity index (χ3n) is 3.69. The van der Waals surface area contributed by atoms with E-state index < -0.39 is 0 Å². The van der Waals surface area contributed by atoms with Crippen LogP contribution in [0.2, 0.25) is 5.15 Å². The number of hydrogen-bond acceptors (Lipinski definition) is 3. The number of anilines is 2. The summed E-state index contributed by atoms with van der Waals surface area (Å²) in [4.78, 5) is 16.6. The predicted molar refractivity (Wildman–Crippen MR) is 85.2 cm³/mol. The topological polar surface area (TPSA) is 54.0 Å². The van der Waals surface area contributed by atoms with Crippen molar-refractivity contribution in [1.29, 1.82) is 0 Å². The third kappa shape index (κ3) is 2.72. The molecule has 5 heteroatoms. The van der Waals surface area contributed by atoms with Crippen molar-refractivity contribution in [2.24, 2.45) is 0 Å². The summed E-state index contributed by atoms with van der Waals surface area (Å²) in [5.41, 5.74) is 4.28. The lowest BCUT2D eigenvalue weighted by atomic mass is 9.97. The summed E-state index contributed by atoms with van der Waals surface area (Å²) in [5, 5.41) is 6.52. The minimum Gasteiger partial charge on any atom is -0.385 e. The molecule has 0 atom stereocenters. The highest BCUT2D eigenvalue weighted by Crippen LogP contribution is 2.28. The first-order chi connectivity index (χ1) is 10.2. The Labute approximate surface area is 128 Å². The number of benzene rings is 1. The van der Waals surface area contributed by atoms with E-state index in [1.807, 2.05) is 31.2 Å². The van der Waals surface area contributed by atoms with Gasteiger partial charge < -0.3 is 10.6 Å². The summed E-state index contributed by atoms with van der Waals surface area (Å²) < 4.78 is 0. The van der Waals surface area contributed by atoms with Crippen LogP contribution in [-0.2, 0) is 6.42 Å². The molecule has 0 fully saturated rings. The number of rotatable bonds is 2. The fraction of sp³-hybridized carbons (Fsp3) is 0.250. The first-order valence-electron chi connectivity index (χ1n) is 6.95. The predicted octanol–water partition coefficient (Wildman–Crippen LogP) is 3.65. The highest BCUT2D eigenvalue weighted by molar-refractivity contribution is 6.32. The SMILES string of the molecule is Cc1ccnc(Cl)c1NC(=O)c1cccc2c1CCCN2. The highest BCUT2D eigenvalue weighted by Gasteiger charge is 2.18. The van der Waals surface area contributed by atoms with Crippen LogP contribution in [0.15, 0.2) is 30.5 Å². The molecule has 0 saturated heterocycles. The van der Waals surface area contributed by atoms with Crippen LogP contribution in [-0.4, -0.2) is 17.4 Å². The molecule has 1 aromatic heterocycles. The maximum Gasteiger partial charge on any atom is 0.256 e. The molecule has 1 aliphatic rings. The molecule has 2 aromatic rings. The Morgan fingerprint density at radius 1 is 1.38 bits per heavy atom. The quantitative estimate of drug-likeness (QED) is 0.832. The standard InChI is InChI=1S/C16H16ClN3O/c1-10-7-9-19-15(17)14(10)20-16(21)12-4-2-6-13-11(12)5-3-8-18-13/h2,4,6-7,9,18H,3,5,8H2,1H3,(H,20,21). The third-order valence-corrected chi connectivity index (χ3v) is 3.98. The molecular weight excluding hydrogens is 286 g/mol. The summed E-state index contributed by atoms with van der Waals surface area (Å²) in [6.45, 7) is 2.84. The zero-order valence-corrected chi connectivity index (χ0v) is 12.5. The van der Waals surface area contributed by atoms with Crippen LogP contribution in [0.1, 0.15) is 27.9 Å². The zero-order chi connectivity index (χ0) is 14.8. The van der Waals surface area contributed by atoms with Gasteiger partial charge in [-0.25, -0.2) is 4.98 Å². The molecule has 2 N–H and O–H groups in total. The average molecular weight is 302 g/mol. The van der Waals surface area contributed by atoms with Crippen LogP contribution < -0.4 is 10.6 Å². The van der Waals surface area contributed by atoms with Crippen molar-refractivity contribution >= 4 is 28.9 Å². The molecule has 21 heavy (non-hydrogen) atoms. The van der Waals surface area contributed by atoms with Gasteiger partial charge in [-0.15, -0.1) is 0 Å². The van der Waals surface area contributed by atoms with Gasteiger partial charge in [0, 0.05) is 24.0 Å². The number of carbonyl (C=O) groups is 1. The van der Waals surface area contributed by atoms with Gasteiger partial charge in [0.1, 0.15) is 0 Å². The fourth-order valence-electron chi connectivity index (χ4n) is 2.58. The Morgan fingerprint density at radius 2 is 2.24 bits per heavy atom. The van der Waals surface area contributed by atoms with Crippen LogP contribution in [0.4, 0.5) is 11.4 Å². The number of pyridine rings is 1. The van der Waals surface area contributed by atoms with Gasteiger partial charge in [0.25, 0.3) is 5.91 Å². The van der Waals surface area contributed by atoms with Crippen molar-refractivity contribution < 1.29 is 4.79 Å². The number of aromatic nitrogens is 1. The van der Waals surface area contributed by atoms with E-state index in [4.69, 9.17) is 11.6 Å². The van der Waals surface area contributed by atoms with Crippen LogP contribution in [0.3, 0.4) is 0 Å². The number of amides is 1. The first kappa shape index (κ1) is 13.9. The monoisotopic (exact) mass is 301 g/mol. The van der Waals surface area contributed by atoms with Crippen LogP contribution in [0, 0.1) is 6.92 Å². The van der Waals surface area contributed by atoms with E-state index in [1.54, 1.807) is 6.20 Å². The van der Waals surface area contributed by atoms with Crippen LogP contribution in [0.5, 0.6) is 0 Å². The van der Waals surface area contributed by atoms with Gasteiger partial charge in [0.05, 0.1) is 5.69 Å². The molecule has 0 unspecified atom stereocenters.